The van der Waals surface area contributed by atoms with Gasteiger partial charge in [-0.15, -0.1) is 0 Å². The number of aryl methyl sites for hydroxylation is 1. The van der Waals surface area contributed by atoms with E-state index in [1.54, 1.807) is 6.92 Å². The molecule has 1 amide bonds. The van der Waals surface area contributed by atoms with E-state index in [2.05, 4.69) is 15.2 Å². The molecule has 0 spiro atoms. The lowest BCUT2D eigenvalue weighted by Gasteiger charge is -2.12. The molecule has 0 bridgehead atoms. The Kier molecular flexibility index (Phi) is 6.49. The third-order valence-corrected chi connectivity index (χ3v) is 5.32. The Hall–Kier alpha value is -4.26. The SMILES string of the molecule is Cc1cc(NC(=O)COC(=O)c2ccccc2NS(=O)(=O)c2cccc([N+](=O)[O-])c2)no1. The number of hydrogen-bond acceptors (Lipinski definition) is 9. The summed E-state index contributed by atoms with van der Waals surface area (Å²) in [5.74, 6) is -1.02. The van der Waals surface area contributed by atoms with Crippen molar-refractivity contribution in [2.75, 3.05) is 16.6 Å². The highest BCUT2D eigenvalue weighted by atomic mass is 32.2. The van der Waals surface area contributed by atoms with Crippen LogP contribution in [0.2, 0.25) is 0 Å². The number of rotatable bonds is 8. The number of para-hydroxylation sites is 1. The van der Waals surface area contributed by atoms with Crippen LogP contribution in [0.15, 0.2) is 64.0 Å². The van der Waals surface area contributed by atoms with Gasteiger partial charge in [0.1, 0.15) is 5.76 Å². The average molecular weight is 460 g/mol. The first-order valence-electron chi connectivity index (χ1n) is 8.92. The van der Waals surface area contributed by atoms with Crippen LogP contribution in [0.25, 0.3) is 0 Å². The number of nitro benzene ring substituents is 1. The molecular weight excluding hydrogens is 444 g/mol. The molecule has 1 heterocycles. The number of aromatic nitrogens is 1. The highest BCUT2D eigenvalue weighted by Crippen LogP contribution is 2.23. The molecule has 0 radical (unpaired) electrons. The van der Waals surface area contributed by atoms with E-state index in [9.17, 15) is 28.1 Å². The summed E-state index contributed by atoms with van der Waals surface area (Å²) in [7, 11) is -4.26. The van der Waals surface area contributed by atoms with Crippen molar-refractivity contribution >= 4 is 39.1 Å². The fourth-order valence-electron chi connectivity index (χ4n) is 2.53. The molecule has 12 nitrogen and oxygen atoms in total. The van der Waals surface area contributed by atoms with Gasteiger partial charge in [-0.1, -0.05) is 23.4 Å². The first-order valence-corrected chi connectivity index (χ1v) is 10.4. The van der Waals surface area contributed by atoms with Crippen LogP contribution >= 0.6 is 0 Å². The van der Waals surface area contributed by atoms with E-state index in [0.29, 0.717) is 5.76 Å². The largest absolute Gasteiger partial charge is 0.452 e. The summed E-state index contributed by atoms with van der Waals surface area (Å²) in [4.78, 5) is 34.2. The van der Waals surface area contributed by atoms with Crippen molar-refractivity contribution in [3.05, 3.63) is 76.0 Å². The van der Waals surface area contributed by atoms with E-state index < -0.39 is 39.1 Å². The summed E-state index contributed by atoms with van der Waals surface area (Å²) in [6, 6.07) is 11.5. The second-order valence-corrected chi connectivity index (χ2v) is 8.04. The van der Waals surface area contributed by atoms with Gasteiger partial charge in [0.2, 0.25) is 0 Å². The maximum atomic E-state index is 12.7. The van der Waals surface area contributed by atoms with Gasteiger partial charge in [-0.3, -0.25) is 19.6 Å². The molecule has 2 aromatic carbocycles. The minimum absolute atomic E-state index is 0.128. The number of benzene rings is 2. The number of sulfonamides is 1. The number of ether oxygens (including phenoxy) is 1. The molecule has 32 heavy (non-hydrogen) atoms. The number of anilines is 2. The van der Waals surface area contributed by atoms with Gasteiger partial charge in [-0.05, 0) is 25.1 Å². The molecule has 13 heteroatoms. The van der Waals surface area contributed by atoms with Gasteiger partial charge in [-0.25, -0.2) is 13.2 Å². The Morgan fingerprint density at radius 1 is 1.16 bits per heavy atom. The highest BCUT2D eigenvalue weighted by Gasteiger charge is 2.22. The molecule has 0 atom stereocenters. The standard InChI is InChI=1S/C19H16N4O8S/c1-12-9-17(21-31-12)20-18(24)11-30-19(25)15-7-2-3-8-16(15)22-32(28,29)14-6-4-5-13(10-14)23(26)27/h2-10,22H,11H2,1H3,(H,20,21,24). The van der Waals surface area contributed by atoms with Crippen molar-refractivity contribution in [3.8, 4) is 0 Å². The van der Waals surface area contributed by atoms with Crippen molar-refractivity contribution in [2.24, 2.45) is 0 Å². The molecular formula is C19H16N4O8S. The summed E-state index contributed by atoms with van der Waals surface area (Å²) >= 11 is 0. The molecule has 0 unspecified atom stereocenters. The zero-order valence-electron chi connectivity index (χ0n) is 16.5. The third kappa shape index (κ3) is 5.46. The lowest BCUT2D eigenvalue weighted by atomic mass is 10.2. The molecule has 0 fully saturated rings. The van der Waals surface area contributed by atoms with Crippen molar-refractivity contribution in [1.82, 2.24) is 5.16 Å². The number of nitrogens with one attached hydrogen (secondary N) is 2. The number of non-ortho nitro benzene ring substituents is 1. The predicted octanol–water partition coefficient (Wildman–Crippen LogP) is 2.49. The molecule has 0 aliphatic carbocycles. The molecule has 3 aromatic rings. The molecule has 0 aliphatic heterocycles. The first-order chi connectivity index (χ1) is 15.2. The van der Waals surface area contributed by atoms with E-state index in [1.165, 1.54) is 42.5 Å². The quantitative estimate of drug-likeness (QED) is 0.291. The summed E-state index contributed by atoms with van der Waals surface area (Å²) in [6.45, 7) is 0.977. The fraction of sp³-hybridized carbons (Fsp3) is 0.105. The Bertz CT molecular complexity index is 1290. The maximum Gasteiger partial charge on any atom is 0.340 e. The van der Waals surface area contributed by atoms with Crippen LogP contribution in [0, 0.1) is 17.0 Å². The number of nitrogens with zero attached hydrogens (tertiary/aromatic N) is 2. The van der Waals surface area contributed by atoms with Gasteiger partial charge < -0.3 is 14.6 Å². The zero-order valence-corrected chi connectivity index (χ0v) is 17.3. The Morgan fingerprint density at radius 2 is 1.91 bits per heavy atom. The van der Waals surface area contributed by atoms with Gasteiger partial charge >= 0.3 is 5.97 Å². The van der Waals surface area contributed by atoms with Gasteiger partial charge in [-0.2, -0.15) is 0 Å². The summed E-state index contributed by atoms with van der Waals surface area (Å²) in [5, 5.41) is 16.9. The number of carbonyl (C=O) groups is 2. The van der Waals surface area contributed by atoms with E-state index in [0.717, 1.165) is 12.1 Å². The van der Waals surface area contributed by atoms with Crippen LogP contribution in [-0.4, -0.2) is 37.0 Å². The van der Waals surface area contributed by atoms with Crippen LogP contribution < -0.4 is 10.0 Å². The smallest absolute Gasteiger partial charge is 0.340 e. The van der Waals surface area contributed by atoms with Crippen LogP contribution in [-0.2, 0) is 19.6 Å². The summed E-state index contributed by atoms with van der Waals surface area (Å²) < 4.78 is 37.3. The lowest BCUT2D eigenvalue weighted by Crippen LogP contribution is -2.22. The average Bonchev–Trinajstić information content (AvgIpc) is 3.16. The van der Waals surface area contributed by atoms with E-state index in [4.69, 9.17) is 9.26 Å². The van der Waals surface area contributed by atoms with Gasteiger partial charge in [0, 0.05) is 18.2 Å². The lowest BCUT2D eigenvalue weighted by molar-refractivity contribution is -0.385. The molecule has 0 aliphatic rings. The monoisotopic (exact) mass is 460 g/mol. The molecule has 0 saturated carbocycles. The normalized spacial score (nSPS) is 10.9. The number of esters is 1. The van der Waals surface area contributed by atoms with E-state index >= 15 is 0 Å². The molecule has 3 rings (SSSR count). The Labute approximate surface area is 181 Å². The number of nitro groups is 1. The second kappa shape index (κ2) is 9.26. The highest BCUT2D eigenvalue weighted by molar-refractivity contribution is 7.92. The Morgan fingerprint density at radius 3 is 2.59 bits per heavy atom. The van der Waals surface area contributed by atoms with E-state index in [-0.39, 0.29) is 22.0 Å². The predicted molar refractivity (Wildman–Crippen MR) is 110 cm³/mol. The molecule has 166 valence electrons. The van der Waals surface area contributed by atoms with Crippen molar-refractivity contribution < 1.29 is 32.2 Å². The van der Waals surface area contributed by atoms with Crippen molar-refractivity contribution in [1.29, 1.82) is 0 Å². The van der Waals surface area contributed by atoms with Crippen LogP contribution in [0.4, 0.5) is 17.2 Å². The second-order valence-electron chi connectivity index (χ2n) is 6.35. The minimum atomic E-state index is -4.26. The fourth-order valence-corrected chi connectivity index (χ4v) is 3.65. The Balaban J connectivity index is 1.72. The summed E-state index contributed by atoms with van der Waals surface area (Å²) in [5.41, 5.74) is -0.697. The summed E-state index contributed by atoms with van der Waals surface area (Å²) in [6.07, 6.45) is 0. The molecule has 1 aromatic heterocycles. The molecule has 2 N–H and O–H groups in total. The minimum Gasteiger partial charge on any atom is -0.452 e. The number of hydrogen-bond donors (Lipinski definition) is 2. The van der Waals surface area contributed by atoms with Crippen LogP contribution in [0.3, 0.4) is 0 Å². The number of carbonyl (C=O) groups excluding carboxylic acids is 2. The van der Waals surface area contributed by atoms with Gasteiger partial charge in [0.25, 0.3) is 21.6 Å². The maximum absolute atomic E-state index is 12.7. The zero-order chi connectivity index (χ0) is 23.3. The van der Waals surface area contributed by atoms with Crippen molar-refractivity contribution in [2.45, 2.75) is 11.8 Å². The van der Waals surface area contributed by atoms with Crippen LogP contribution in [0.1, 0.15) is 16.1 Å². The number of amides is 1. The first kappa shape index (κ1) is 22.4. The topological polar surface area (TPSA) is 171 Å². The van der Waals surface area contributed by atoms with Crippen molar-refractivity contribution in [3.63, 3.8) is 0 Å². The van der Waals surface area contributed by atoms with Gasteiger partial charge in [0.15, 0.2) is 12.4 Å². The van der Waals surface area contributed by atoms with E-state index in [1.807, 2.05) is 0 Å². The molecule has 0 saturated heterocycles. The van der Waals surface area contributed by atoms with Crippen LogP contribution in [0.5, 0.6) is 0 Å². The van der Waals surface area contributed by atoms with Gasteiger partial charge in [0.05, 0.1) is 21.1 Å². The third-order valence-electron chi connectivity index (χ3n) is 3.96.